The molecule has 0 spiro atoms. The topological polar surface area (TPSA) is 77.8 Å². The van der Waals surface area contributed by atoms with Gasteiger partial charge in [0.15, 0.2) is 0 Å². The van der Waals surface area contributed by atoms with Crippen LogP contribution in [0.4, 0.5) is 0 Å². The van der Waals surface area contributed by atoms with Crippen LogP contribution < -0.4 is 10.3 Å². The summed E-state index contributed by atoms with van der Waals surface area (Å²) < 4.78 is 12.4. The molecule has 0 bridgehead atoms. The summed E-state index contributed by atoms with van der Waals surface area (Å²) in [5, 5.41) is 4.39. The highest BCUT2D eigenvalue weighted by molar-refractivity contribution is 7.07. The van der Waals surface area contributed by atoms with Gasteiger partial charge in [-0.15, -0.1) is 0 Å². The normalized spacial score (nSPS) is 13.2. The quantitative estimate of drug-likeness (QED) is 0.497. The fourth-order valence-corrected chi connectivity index (χ4v) is 4.83. The van der Waals surface area contributed by atoms with Gasteiger partial charge in [0.05, 0.1) is 24.3 Å². The van der Waals surface area contributed by atoms with E-state index < -0.39 is 5.97 Å². The van der Waals surface area contributed by atoms with E-state index in [9.17, 15) is 14.4 Å². The van der Waals surface area contributed by atoms with Gasteiger partial charge in [0.1, 0.15) is 11.3 Å². The Morgan fingerprint density at radius 3 is 2.70 bits per heavy atom. The summed E-state index contributed by atoms with van der Waals surface area (Å²) in [5.74, 6) is -0.581. The van der Waals surface area contributed by atoms with Gasteiger partial charge in [-0.05, 0) is 34.5 Å². The number of ether oxygens (including phenoxy) is 2. The van der Waals surface area contributed by atoms with Crippen LogP contribution in [-0.2, 0) is 24.1 Å². The van der Waals surface area contributed by atoms with Gasteiger partial charge in [-0.25, -0.2) is 4.79 Å². The van der Waals surface area contributed by atoms with E-state index in [1.54, 1.807) is 40.5 Å². The third-order valence-corrected chi connectivity index (χ3v) is 6.66. The number of fused-ring (bicyclic) bond motifs is 1. The minimum Gasteiger partial charge on any atom is -0.492 e. The van der Waals surface area contributed by atoms with Crippen molar-refractivity contribution in [1.82, 2.24) is 9.47 Å². The van der Waals surface area contributed by atoms with Crippen molar-refractivity contribution < 1.29 is 19.1 Å². The molecular weight excluding hydrogens is 464 g/mol. The molecule has 4 rings (SSSR count). The molecule has 1 aliphatic rings. The number of thiophene rings is 1. The van der Waals surface area contributed by atoms with Gasteiger partial charge in [0.2, 0.25) is 0 Å². The summed E-state index contributed by atoms with van der Waals surface area (Å²) in [6.45, 7) is 1.21. The van der Waals surface area contributed by atoms with Crippen LogP contribution in [0.3, 0.4) is 0 Å². The Morgan fingerprint density at radius 2 is 1.97 bits per heavy atom. The number of carbonyl (C=O) groups excluding carboxylic acids is 2. The van der Waals surface area contributed by atoms with Crippen LogP contribution in [0.25, 0.3) is 0 Å². The van der Waals surface area contributed by atoms with Crippen LogP contribution in [-0.4, -0.2) is 48.1 Å². The molecule has 0 atom stereocenters. The van der Waals surface area contributed by atoms with Gasteiger partial charge >= 0.3 is 5.97 Å². The summed E-state index contributed by atoms with van der Waals surface area (Å²) >= 11 is 7.80. The number of methoxy groups -OCH3 is 1. The van der Waals surface area contributed by atoms with E-state index in [2.05, 4.69) is 0 Å². The highest BCUT2D eigenvalue weighted by Gasteiger charge is 2.28. The van der Waals surface area contributed by atoms with Crippen LogP contribution in [0, 0.1) is 0 Å². The molecule has 1 aromatic carbocycles. The van der Waals surface area contributed by atoms with Crippen molar-refractivity contribution >= 4 is 34.8 Å². The second-order valence-corrected chi connectivity index (χ2v) is 8.75. The summed E-state index contributed by atoms with van der Waals surface area (Å²) in [6, 6.07) is 10.2. The number of esters is 1. The summed E-state index contributed by atoms with van der Waals surface area (Å²) in [4.78, 5) is 40.3. The Balaban J connectivity index is 1.61. The van der Waals surface area contributed by atoms with E-state index in [0.717, 1.165) is 5.56 Å². The van der Waals surface area contributed by atoms with Crippen LogP contribution in [0.5, 0.6) is 5.75 Å². The number of carbonyl (C=O) groups is 2. The van der Waals surface area contributed by atoms with Crippen molar-refractivity contribution in [2.75, 3.05) is 26.8 Å². The van der Waals surface area contributed by atoms with Gasteiger partial charge < -0.3 is 18.9 Å². The maximum Gasteiger partial charge on any atom is 0.343 e. The Kier molecular flexibility index (Phi) is 7.15. The molecule has 0 fully saturated rings. The van der Waals surface area contributed by atoms with Crippen LogP contribution in [0.15, 0.2) is 52.0 Å². The van der Waals surface area contributed by atoms with E-state index in [1.165, 1.54) is 17.7 Å². The van der Waals surface area contributed by atoms with Gasteiger partial charge in [0, 0.05) is 44.2 Å². The Bertz CT molecular complexity index is 1220. The van der Waals surface area contributed by atoms with E-state index >= 15 is 0 Å². The standard InChI is InChI=1S/C24H23ClN2O5S/c1-31-24(30)22-19-6-9-26(23(29)17-4-2-3-5-18(17)25)10-11-27(19)21(28)14-20(22)32-12-7-16-8-13-33-15-16/h2-5,8,13-15H,6-7,9-12H2,1H3. The van der Waals surface area contributed by atoms with Crippen molar-refractivity contribution in [2.24, 2.45) is 0 Å². The maximum absolute atomic E-state index is 13.0. The minimum atomic E-state index is -0.574. The monoisotopic (exact) mass is 486 g/mol. The fraction of sp³-hybridized carbons (Fsp3) is 0.292. The van der Waals surface area contributed by atoms with Crippen molar-refractivity contribution in [3.63, 3.8) is 0 Å². The number of rotatable bonds is 6. The van der Waals surface area contributed by atoms with E-state index in [1.807, 2.05) is 16.8 Å². The molecule has 0 unspecified atom stereocenters. The Morgan fingerprint density at radius 1 is 1.15 bits per heavy atom. The Labute approximate surface area is 200 Å². The molecule has 1 amide bonds. The van der Waals surface area contributed by atoms with E-state index in [4.69, 9.17) is 21.1 Å². The van der Waals surface area contributed by atoms with Crippen molar-refractivity contribution in [2.45, 2.75) is 19.4 Å². The van der Waals surface area contributed by atoms with Crippen LogP contribution >= 0.6 is 22.9 Å². The third-order valence-electron chi connectivity index (χ3n) is 5.60. The number of amides is 1. The maximum atomic E-state index is 13.0. The van der Waals surface area contributed by atoms with E-state index in [0.29, 0.717) is 48.8 Å². The number of aromatic nitrogens is 1. The number of halogens is 1. The van der Waals surface area contributed by atoms with Gasteiger partial charge in [-0.3, -0.25) is 9.59 Å². The summed E-state index contributed by atoms with van der Waals surface area (Å²) in [7, 11) is 1.30. The number of pyridine rings is 1. The smallest absolute Gasteiger partial charge is 0.343 e. The molecule has 1 aliphatic heterocycles. The van der Waals surface area contributed by atoms with E-state index in [-0.39, 0.29) is 29.3 Å². The van der Waals surface area contributed by atoms with Gasteiger partial charge in [-0.2, -0.15) is 11.3 Å². The SMILES string of the molecule is COC(=O)c1c(OCCc2ccsc2)cc(=O)n2c1CCN(C(=O)c1ccccc1Cl)CC2. The van der Waals surface area contributed by atoms with Crippen molar-refractivity contribution in [3.05, 3.63) is 84.9 Å². The molecular formula is C24H23ClN2O5S. The first-order valence-electron chi connectivity index (χ1n) is 10.5. The number of nitrogens with zero attached hydrogens (tertiary/aromatic N) is 2. The zero-order valence-corrected chi connectivity index (χ0v) is 19.7. The largest absolute Gasteiger partial charge is 0.492 e. The Hall–Kier alpha value is -3.10. The molecule has 3 heterocycles. The fourth-order valence-electron chi connectivity index (χ4n) is 3.91. The molecule has 3 aromatic rings. The molecule has 0 saturated carbocycles. The lowest BCUT2D eigenvalue weighted by molar-refractivity contribution is 0.0593. The second kappa shape index (κ2) is 10.2. The molecule has 172 valence electrons. The lowest BCUT2D eigenvalue weighted by atomic mass is 10.1. The number of hydrogen-bond donors (Lipinski definition) is 0. The van der Waals surface area contributed by atoms with Crippen LogP contribution in [0.1, 0.15) is 32.0 Å². The van der Waals surface area contributed by atoms with Gasteiger partial charge in [-0.1, -0.05) is 23.7 Å². The zero-order valence-electron chi connectivity index (χ0n) is 18.1. The molecule has 0 radical (unpaired) electrons. The van der Waals surface area contributed by atoms with Crippen LogP contribution in [0.2, 0.25) is 5.02 Å². The molecule has 7 nitrogen and oxygen atoms in total. The molecule has 0 N–H and O–H groups in total. The lowest BCUT2D eigenvalue weighted by Crippen LogP contribution is -2.34. The molecule has 0 saturated heterocycles. The predicted molar refractivity (Wildman–Crippen MR) is 127 cm³/mol. The lowest BCUT2D eigenvalue weighted by Gasteiger charge is -2.20. The average molecular weight is 487 g/mol. The predicted octanol–water partition coefficient (Wildman–Crippen LogP) is 3.67. The minimum absolute atomic E-state index is 0.208. The summed E-state index contributed by atoms with van der Waals surface area (Å²) in [6.07, 6.45) is 0.959. The zero-order chi connectivity index (χ0) is 23.4. The van der Waals surface area contributed by atoms with Gasteiger partial charge in [0.25, 0.3) is 11.5 Å². The molecule has 2 aromatic heterocycles. The van der Waals surface area contributed by atoms with Crippen molar-refractivity contribution in [3.8, 4) is 5.75 Å². The molecule has 9 heteroatoms. The first-order chi connectivity index (χ1) is 16.0. The first kappa shape index (κ1) is 23.1. The first-order valence-corrected chi connectivity index (χ1v) is 11.8. The van der Waals surface area contributed by atoms with Crippen molar-refractivity contribution in [1.29, 1.82) is 0 Å². The number of benzene rings is 1. The highest BCUT2D eigenvalue weighted by atomic mass is 35.5. The highest BCUT2D eigenvalue weighted by Crippen LogP contribution is 2.25. The average Bonchev–Trinajstić information content (AvgIpc) is 3.23. The molecule has 0 aliphatic carbocycles. The second-order valence-electron chi connectivity index (χ2n) is 7.56. The summed E-state index contributed by atoms with van der Waals surface area (Å²) in [5.41, 5.74) is 1.99. The third kappa shape index (κ3) is 4.96. The number of hydrogen-bond acceptors (Lipinski definition) is 6. The molecule has 33 heavy (non-hydrogen) atoms.